The molecule has 0 saturated carbocycles. The average molecular weight is 207 g/mol. The molecule has 3 nitrogen and oxygen atoms in total. The van der Waals surface area contributed by atoms with E-state index in [0.29, 0.717) is 0 Å². The van der Waals surface area contributed by atoms with Crippen LogP contribution in [0.1, 0.15) is 26.3 Å². The first kappa shape index (κ1) is 11.6. The Hall–Kier alpha value is -1.51. The van der Waals surface area contributed by atoms with E-state index in [1.54, 1.807) is 13.8 Å². The fraction of sp³-hybridized carbons (Fsp3) is 0.417. The van der Waals surface area contributed by atoms with Crippen LogP contribution in [-0.4, -0.2) is 11.5 Å². The molecule has 0 aliphatic rings. The predicted octanol–water partition coefficient (Wildman–Crippen LogP) is 1.89. The molecule has 0 atom stereocenters. The Balaban J connectivity index is 2.94. The van der Waals surface area contributed by atoms with Crippen LogP contribution >= 0.6 is 0 Å². The predicted molar refractivity (Wildman–Crippen MR) is 59.7 cm³/mol. The third kappa shape index (κ3) is 2.72. The molecule has 0 unspecified atom stereocenters. The van der Waals surface area contributed by atoms with Gasteiger partial charge in [0.15, 0.2) is 5.60 Å². The first-order chi connectivity index (χ1) is 6.97. The second-order valence-corrected chi connectivity index (χ2v) is 3.94. The quantitative estimate of drug-likeness (QED) is 0.819. The Kier molecular flexibility index (Phi) is 3.35. The molecule has 0 aliphatic carbocycles. The number of rotatable bonds is 4. The van der Waals surface area contributed by atoms with Gasteiger partial charge in [-0.15, -0.1) is 0 Å². The number of primary amides is 1. The minimum atomic E-state index is -0.967. The van der Waals surface area contributed by atoms with E-state index < -0.39 is 11.5 Å². The van der Waals surface area contributed by atoms with Crippen molar-refractivity contribution in [2.24, 2.45) is 5.73 Å². The Morgan fingerprint density at radius 3 is 2.53 bits per heavy atom. The lowest BCUT2D eigenvalue weighted by molar-refractivity contribution is -0.130. The number of para-hydroxylation sites is 1. The Morgan fingerprint density at radius 1 is 1.40 bits per heavy atom. The van der Waals surface area contributed by atoms with Gasteiger partial charge >= 0.3 is 0 Å². The highest BCUT2D eigenvalue weighted by Gasteiger charge is 2.27. The molecule has 1 aromatic rings. The number of carbonyl (C=O) groups is 1. The monoisotopic (exact) mass is 207 g/mol. The van der Waals surface area contributed by atoms with Crippen molar-refractivity contribution in [3.8, 4) is 5.75 Å². The van der Waals surface area contributed by atoms with E-state index in [-0.39, 0.29) is 0 Å². The summed E-state index contributed by atoms with van der Waals surface area (Å²) in [4.78, 5) is 11.1. The number of hydrogen-bond acceptors (Lipinski definition) is 2. The van der Waals surface area contributed by atoms with Gasteiger partial charge in [-0.1, -0.05) is 25.1 Å². The molecular weight excluding hydrogens is 190 g/mol. The minimum absolute atomic E-state index is 0.464. The van der Waals surface area contributed by atoms with E-state index in [1.165, 1.54) is 0 Å². The minimum Gasteiger partial charge on any atom is -0.478 e. The van der Waals surface area contributed by atoms with Gasteiger partial charge in [-0.2, -0.15) is 0 Å². The Labute approximate surface area is 90.2 Å². The Bertz CT molecular complexity index is 358. The molecule has 1 rings (SSSR count). The van der Waals surface area contributed by atoms with Crippen molar-refractivity contribution in [3.05, 3.63) is 29.8 Å². The molecule has 0 heterocycles. The van der Waals surface area contributed by atoms with Crippen LogP contribution in [0.2, 0.25) is 0 Å². The van der Waals surface area contributed by atoms with Crippen molar-refractivity contribution in [2.45, 2.75) is 32.8 Å². The van der Waals surface area contributed by atoms with E-state index in [0.717, 1.165) is 17.7 Å². The zero-order valence-electron chi connectivity index (χ0n) is 9.41. The molecule has 1 amide bonds. The summed E-state index contributed by atoms with van der Waals surface area (Å²) < 4.78 is 5.61. The summed E-state index contributed by atoms with van der Waals surface area (Å²) in [6.07, 6.45) is 0.866. The number of carbonyl (C=O) groups excluding carboxylic acids is 1. The highest BCUT2D eigenvalue weighted by molar-refractivity contribution is 5.82. The maximum absolute atomic E-state index is 11.1. The third-order valence-corrected chi connectivity index (χ3v) is 2.31. The summed E-state index contributed by atoms with van der Waals surface area (Å²) in [6.45, 7) is 5.38. The van der Waals surface area contributed by atoms with Crippen molar-refractivity contribution >= 4 is 5.91 Å². The summed E-state index contributed by atoms with van der Waals surface area (Å²) in [5.41, 5.74) is 5.35. The van der Waals surface area contributed by atoms with Gasteiger partial charge in [0.05, 0.1) is 0 Å². The molecule has 0 spiro atoms. The molecule has 15 heavy (non-hydrogen) atoms. The van der Waals surface area contributed by atoms with Crippen LogP contribution in [0, 0.1) is 0 Å². The second-order valence-electron chi connectivity index (χ2n) is 3.94. The SMILES string of the molecule is CCc1ccccc1OC(C)(C)C(N)=O. The van der Waals surface area contributed by atoms with Gasteiger partial charge in [0.1, 0.15) is 5.75 Å². The fourth-order valence-corrected chi connectivity index (χ4v) is 1.22. The second kappa shape index (κ2) is 4.34. The van der Waals surface area contributed by atoms with Crippen molar-refractivity contribution in [1.29, 1.82) is 0 Å². The molecule has 3 heteroatoms. The largest absolute Gasteiger partial charge is 0.478 e. The molecular formula is C12H17NO2. The summed E-state index contributed by atoms with van der Waals surface area (Å²) in [7, 11) is 0. The van der Waals surface area contributed by atoms with Gasteiger partial charge in [-0.05, 0) is 31.9 Å². The number of ether oxygens (including phenoxy) is 1. The summed E-state index contributed by atoms with van der Waals surface area (Å²) in [5.74, 6) is 0.261. The maximum atomic E-state index is 11.1. The molecule has 2 N–H and O–H groups in total. The maximum Gasteiger partial charge on any atom is 0.261 e. The summed E-state index contributed by atoms with van der Waals surface area (Å²) in [5, 5.41) is 0. The van der Waals surface area contributed by atoms with Crippen LogP contribution in [0.15, 0.2) is 24.3 Å². The van der Waals surface area contributed by atoms with Gasteiger partial charge in [0.2, 0.25) is 0 Å². The Morgan fingerprint density at radius 2 is 2.00 bits per heavy atom. The van der Waals surface area contributed by atoms with Gasteiger partial charge in [-0.25, -0.2) is 0 Å². The van der Waals surface area contributed by atoms with E-state index >= 15 is 0 Å². The first-order valence-corrected chi connectivity index (χ1v) is 5.04. The lowest BCUT2D eigenvalue weighted by atomic mass is 10.1. The summed E-state index contributed by atoms with van der Waals surface area (Å²) >= 11 is 0. The van der Waals surface area contributed by atoms with Crippen molar-refractivity contribution in [3.63, 3.8) is 0 Å². The van der Waals surface area contributed by atoms with Crippen LogP contribution in [0.4, 0.5) is 0 Å². The molecule has 0 aromatic heterocycles. The van der Waals surface area contributed by atoms with Gasteiger partial charge in [-0.3, -0.25) is 4.79 Å². The third-order valence-electron chi connectivity index (χ3n) is 2.31. The molecule has 82 valence electrons. The van der Waals surface area contributed by atoms with Gasteiger partial charge in [0, 0.05) is 0 Å². The number of nitrogens with two attached hydrogens (primary N) is 1. The standard InChI is InChI=1S/C12H17NO2/c1-4-9-7-5-6-8-10(9)15-12(2,3)11(13)14/h5-8H,4H2,1-3H3,(H2,13,14). The van der Waals surface area contributed by atoms with Crippen LogP contribution in [0.3, 0.4) is 0 Å². The van der Waals surface area contributed by atoms with E-state index in [2.05, 4.69) is 0 Å². The number of hydrogen-bond donors (Lipinski definition) is 1. The molecule has 0 radical (unpaired) electrons. The van der Waals surface area contributed by atoms with Crippen LogP contribution < -0.4 is 10.5 Å². The molecule has 0 aliphatic heterocycles. The van der Waals surface area contributed by atoms with E-state index in [4.69, 9.17) is 10.5 Å². The van der Waals surface area contributed by atoms with Gasteiger partial charge in [0.25, 0.3) is 5.91 Å². The van der Waals surface area contributed by atoms with Crippen molar-refractivity contribution < 1.29 is 9.53 Å². The zero-order chi connectivity index (χ0) is 11.5. The molecule has 0 saturated heterocycles. The number of benzene rings is 1. The van der Waals surface area contributed by atoms with Crippen molar-refractivity contribution in [1.82, 2.24) is 0 Å². The molecule has 0 fully saturated rings. The lowest BCUT2D eigenvalue weighted by Gasteiger charge is -2.24. The molecule has 0 bridgehead atoms. The highest BCUT2D eigenvalue weighted by atomic mass is 16.5. The van der Waals surface area contributed by atoms with Gasteiger partial charge < -0.3 is 10.5 Å². The zero-order valence-corrected chi connectivity index (χ0v) is 9.41. The van der Waals surface area contributed by atoms with E-state index in [9.17, 15) is 4.79 Å². The number of amides is 1. The average Bonchev–Trinajstić information content (AvgIpc) is 2.18. The topological polar surface area (TPSA) is 52.3 Å². The smallest absolute Gasteiger partial charge is 0.261 e. The van der Waals surface area contributed by atoms with Crippen LogP contribution in [0.25, 0.3) is 0 Å². The highest BCUT2D eigenvalue weighted by Crippen LogP contribution is 2.23. The normalized spacial score (nSPS) is 11.1. The first-order valence-electron chi connectivity index (χ1n) is 5.04. The van der Waals surface area contributed by atoms with E-state index in [1.807, 2.05) is 31.2 Å². The fourth-order valence-electron chi connectivity index (χ4n) is 1.22. The lowest BCUT2D eigenvalue weighted by Crippen LogP contribution is -2.43. The van der Waals surface area contributed by atoms with Crippen LogP contribution in [0.5, 0.6) is 5.75 Å². The van der Waals surface area contributed by atoms with Crippen LogP contribution in [-0.2, 0) is 11.2 Å². The molecule has 1 aromatic carbocycles. The number of aryl methyl sites for hydroxylation is 1. The summed E-state index contributed by atoms with van der Waals surface area (Å²) in [6, 6.07) is 7.66. The van der Waals surface area contributed by atoms with Crippen molar-refractivity contribution in [2.75, 3.05) is 0 Å².